The van der Waals surface area contributed by atoms with Gasteiger partial charge in [-0.05, 0) is 50.4 Å². The molecule has 6 heteroatoms. The Balaban J connectivity index is 1.98. The van der Waals surface area contributed by atoms with Crippen LogP contribution in [0.5, 0.6) is 0 Å². The number of carbonyl (C=O) groups excluding carboxylic acids is 1. The second kappa shape index (κ2) is 5.18. The first-order chi connectivity index (χ1) is 12.1. The number of aliphatic carboxylic acids is 2. The van der Waals surface area contributed by atoms with Gasteiger partial charge in [0.15, 0.2) is 0 Å². The molecule has 4 rings (SSSR count). The first-order valence-electron chi connectivity index (χ1n) is 9.42. The molecular weight excluding hydrogens is 336 g/mol. The summed E-state index contributed by atoms with van der Waals surface area (Å²) in [6.45, 7) is 5.69. The maximum Gasteiger partial charge on any atom is 0.309 e. The number of fused-ring (bicyclic) bond motifs is 3. The van der Waals surface area contributed by atoms with Gasteiger partial charge in [-0.15, -0.1) is 0 Å². The van der Waals surface area contributed by atoms with Crippen molar-refractivity contribution in [3.8, 4) is 0 Å². The molecule has 1 spiro atoms. The number of aliphatic hydroxyl groups is 1. The van der Waals surface area contributed by atoms with Gasteiger partial charge in [-0.1, -0.05) is 18.6 Å². The van der Waals surface area contributed by atoms with E-state index in [-0.39, 0.29) is 11.8 Å². The van der Waals surface area contributed by atoms with E-state index in [2.05, 4.69) is 6.58 Å². The van der Waals surface area contributed by atoms with Crippen LogP contribution < -0.4 is 0 Å². The molecule has 0 aromatic carbocycles. The number of hydrogen-bond acceptors (Lipinski definition) is 4. The van der Waals surface area contributed by atoms with Crippen LogP contribution in [0.1, 0.15) is 45.4 Å². The zero-order valence-corrected chi connectivity index (χ0v) is 15.0. The number of carboxylic acid groups (broad SMARTS) is 2. The smallest absolute Gasteiger partial charge is 0.309 e. The highest BCUT2D eigenvalue weighted by Gasteiger charge is 2.77. The van der Waals surface area contributed by atoms with Crippen molar-refractivity contribution in [2.24, 2.45) is 39.9 Å². The van der Waals surface area contributed by atoms with Crippen LogP contribution in [0.3, 0.4) is 0 Å². The Bertz CT molecular complexity index is 715. The molecule has 0 amide bonds. The monoisotopic (exact) mass is 362 g/mol. The summed E-state index contributed by atoms with van der Waals surface area (Å²) >= 11 is 0. The summed E-state index contributed by atoms with van der Waals surface area (Å²) in [6, 6.07) is 0. The van der Waals surface area contributed by atoms with Crippen molar-refractivity contribution >= 4 is 18.2 Å². The molecule has 6 nitrogen and oxygen atoms in total. The predicted molar refractivity (Wildman–Crippen MR) is 91.1 cm³/mol. The van der Waals surface area contributed by atoms with Crippen molar-refractivity contribution in [1.82, 2.24) is 0 Å². The highest BCUT2D eigenvalue weighted by Crippen LogP contribution is 2.77. The van der Waals surface area contributed by atoms with Gasteiger partial charge in [-0.25, -0.2) is 0 Å². The average Bonchev–Trinajstić information content (AvgIpc) is 3.00. The number of rotatable bonds is 3. The minimum atomic E-state index is -1.25. The number of aliphatic hydroxyl groups excluding tert-OH is 1. The van der Waals surface area contributed by atoms with Crippen LogP contribution in [0.15, 0.2) is 12.2 Å². The van der Waals surface area contributed by atoms with Crippen molar-refractivity contribution in [2.75, 3.05) is 0 Å². The van der Waals surface area contributed by atoms with Crippen LogP contribution in [0.25, 0.3) is 0 Å². The van der Waals surface area contributed by atoms with Gasteiger partial charge in [-0.2, -0.15) is 0 Å². The summed E-state index contributed by atoms with van der Waals surface area (Å²) < 4.78 is 0. The Morgan fingerprint density at radius 1 is 1.27 bits per heavy atom. The minimum absolute atomic E-state index is 0.145. The Kier molecular flexibility index (Phi) is 3.53. The van der Waals surface area contributed by atoms with Crippen molar-refractivity contribution in [3.63, 3.8) is 0 Å². The van der Waals surface area contributed by atoms with Crippen LogP contribution in [-0.2, 0) is 14.4 Å². The van der Waals surface area contributed by atoms with Crippen molar-refractivity contribution in [3.05, 3.63) is 12.2 Å². The summed E-state index contributed by atoms with van der Waals surface area (Å²) in [5.74, 6) is -4.13. The first kappa shape index (κ1) is 17.7. The molecule has 0 aromatic heterocycles. The third-order valence-electron chi connectivity index (χ3n) is 8.46. The van der Waals surface area contributed by atoms with Crippen LogP contribution in [0.4, 0.5) is 0 Å². The molecule has 4 aliphatic carbocycles. The fraction of sp³-hybridized carbons (Fsp3) is 0.750. The third kappa shape index (κ3) is 1.79. The third-order valence-corrected chi connectivity index (χ3v) is 8.46. The second-order valence-electron chi connectivity index (χ2n) is 9.33. The van der Waals surface area contributed by atoms with Crippen molar-refractivity contribution in [1.29, 1.82) is 0 Å². The Morgan fingerprint density at radius 3 is 2.54 bits per heavy atom. The number of carboxylic acids is 2. The Labute approximate surface area is 152 Å². The van der Waals surface area contributed by atoms with Gasteiger partial charge >= 0.3 is 11.9 Å². The standard InChI is InChI=1S/C20H26O6/c1-10-7-20-8-11(10)12(22)6-13(20)19(9-21)5-3-4-18(2,17(25)26)15(19)14(20)16(23)24/h9,11-15,22H,1,3-8H2,2H3,(H,23,24)(H,25,26)/t11?,12-,13-,14+,15+,18+,19+,20+/m0/s1. The lowest BCUT2D eigenvalue weighted by Crippen LogP contribution is -2.52. The predicted octanol–water partition coefficient (Wildman–Crippen LogP) is 2.11. The van der Waals surface area contributed by atoms with E-state index >= 15 is 0 Å². The molecule has 0 aliphatic heterocycles. The molecule has 4 aliphatic rings. The maximum absolute atomic E-state index is 12.5. The van der Waals surface area contributed by atoms with Crippen molar-refractivity contribution < 1.29 is 29.7 Å². The van der Waals surface area contributed by atoms with E-state index < -0.39 is 46.1 Å². The molecule has 3 N–H and O–H groups in total. The first-order valence-corrected chi connectivity index (χ1v) is 9.42. The molecule has 4 saturated carbocycles. The molecule has 8 atom stereocenters. The van der Waals surface area contributed by atoms with E-state index in [9.17, 15) is 29.7 Å². The SMILES string of the molecule is C=C1C[C@@]23CC1[C@@H](O)C[C@H]2[C@]1(C=O)CCC[C@@](C)(C(=O)O)[C@H]1[C@@H]3C(=O)O. The number of aldehydes is 1. The van der Waals surface area contributed by atoms with Gasteiger partial charge in [-0.3, -0.25) is 9.59 Å². The molecule has 142 valence electrons. The molecule has 26 heavy (non-hydrogen) atoms. The maximum atomic E-state index is 12.5. The molecule has 0 saturated heterocycles. The molecule has 0 aromatic rings. The molecular formula is C20H26O6. The molecule has 4 fully saturated rings. The fourth-order valence-electron chi connectivity index (χ4n) is 7.61. The normalized spacial score (nSPS) is 52.2. The van der Waals surface area contributed by atoms with Crippen LogP contribution in [-0.4, -0.2) is 39.6 Å². The van der Waals surface area contributed by atoms with E-state index in [0.29, 0.717) is 38.5 Å². The highest BCUT2D eigenvalue weighted by molar-refractivity contribution is 5.82. The summed E-state index contributed by atoms with van der Waals surface area (Å²) in [6.07, 6.45) is 3.00. The van der Waals surface area contributed by atoms with Gasteiger partial charge in [0.25, 0.3) is 0 Å². The Morgan fingerprint density at radius 2 is 1.96 bits per heavy atom. The lowest BCUT2D eigenvalue weighted by molar-refractivity contribution is -0.167. The van der Waals surface area contributed by atoms with E-state index in [4.69, 9.17) is 0 Å². The van der Waals surface area contributed by atoms with E-state index in [1.165, 1.54) is 0 Å². The summed E-state index contributed by atoms with van der Waals surface area (Å²) in [7, 11) is 0. The molecule has 1 unspecified atom stereocenters. The summed E-state index contributed by atoms with van der Waals surface area (Å²) in [4.78, 5) is 37.1. The van der Waals surface area contributed by atoms with Crippen molar-refractivity contribution in [2.45, 2.75) is 51.6 Å². The lowest BCUT2D eigenvalue weighted by atomic mass is 9.53. The Hall–Kier alpha value is -1.69. The number of carbonyl (C=O) groups is 3. The quantitative estimate of drug-likeness (QED) is 0.524. The topological polar surface area (TPSA) is 112 Å². The van der Waals surface area contributed by atoms with Crippen LogP contribution >= 0.6 is 0 Å². The van der Waals surface area contributed by atoms with Gasteiger partial charge in [0.2, 0.25) is 0 Å². The minimum Gasteiger partial charge on any atom is -0.481 e. The van der Waals surface area contributed by atoms with E-state index in [1.54, 1.807) is 6.92 Å². The molecule has 0 radical (unpaired) electrons. The van der Waals surface area contributed by atoms with Gasteiger partial charge in [0.05, 0.1) is 17.4 Å². The molecule has 2 bridgehead atoms. The number of hydrogen-bond donors (Lipinski definition) is 3. The zero-order chi connectivity index (χ0) is 19.1. The van der Waals surface area contributed by atoms with Gasteiger partial charge < -0.3 is 20.1 Å². The zero-order valence-electron chi connectivity index (χ0n) is 15.0. The highest BCUT2D eigenvalue weighted by atomic mass is 16.4. The van der Waals surface area contributed by atoms with E-state index in [1.807, 2.05) is 0 Å². The summed E-state index contributed by atoms with van der Waals surface area (Å²) in [5, 5.41) is 30.8. The fourth-order valence-corrected chi connectivity index (χ4v) is 7.61. The summed E-state index contributed by atoms with van der Waals surface area (Å²) in [5.41, 5.74) is -2.06. The largest absolute Gasteiger partial charge is 0.481 e. The molecule has 0 heterocycles. The van der Waals surface area contributed by atoms with Crippen LogP contribution in [0, 0.1) is 39.9 Å². The average molecular weight is 362 g/mol. The van der Waals surface area contributed by atoms with Gasteiger partial charge in [0, 0.05) is 17.3 Å². The van der Waals surface area contributed by atoms with Crippen LogP contribution in [0.2, 0.25) is 0 Å². The van der Waals surface area contributed by atoms with Gasteiger partial charge in [0.1, 0.15) is 6.29 Å². The second-order valence-corrected chi connectivity index (χ2v) is 9.33. The van der Waals surface area contributed by atoms with E-state index in [0.717, 1.165) is 11.9 Å². The lowest BCUT2D eigenvalue weighted by Gasteiger charge is -2.49.